The SMILES string of the molecule is COc1ccc(NC(=S)N2CC[NH+](Cc3cc(C)on3)CC2)cc1. The Kier molecular flexibility index (Phi) is 5.32. The van der Waals surface area contributed by atoms with Gasteiger partial charge in [0.2, 0.25) is 0 Å². The predicted molar refractivity (Wildman–Crippen MR) is 96.4 cm³/mol. The highest BCUT2D eigenvalue weighted by atomic mass is 32.1. The Morgan fingerprint density at radius 3 is 2.62 bits per heavy atom. The number of hydrogen-bond donors (Lipinski definition) is 2. The monoisotopic (exact) mass is 347 g/mol. The van der Waals surface area contributed by atoms with Crippen LogP contribution in [0.25, 0.3) is 0 Å². The highest BCUT2D eigenvalue weighted by Gasteiger charge is 2.22. The summed E-state index contributed by atoms with van der Waals surface area (Å²) in [6.45, 7) is 6.78. The molecule has 0 atom stereocenters. The topological polar surface area (TPSA) is 55.0 Å². The van der Waals surface area contributed by atoms with Crippen molar-refractivity contribution in [2.45, 2.75) is 13.5 Å². The number of benzene rings is 1. The fourth-order valence-corrected chi connectivity index (χ4v) is 3.14. The summed E-state index contributed by atoms with van der Waals surface area (Å²) in [5.74, 6) is 1.71. The number of piperazine rings is 1. The van der Waals surface area contributed by atoms with Gasteiger partial charge in [-0.15, -0.1) is 0 Å². The van der Waals surface area contributed by atoms with Gasteiger partial charge in [0.25, 0.3) is 0 Å². The third-order valence-corrected chi connectivity index (χ3v) is 4.57. The lowest BCUT2D eigenvalue weighted by atomic mass is 10.3. The average molecular weight is 347 g/mol. The molecule has 1 aromatic carbocycles. The van der Waals surface area contributed by atoms with Crippen LogP contribution in [0.1, 0.15) is 11.5 Å². The number of nitrogens with one attached hydrogen (secondary N) is 2. The Labute approximate surface area is 147 Å². The number of methoxy groups -OCH3 is 1. The zero-order chi connectivity index (χ0) is 16.9. The van der Waals surface area contributed by atoms with Crippen molar-refractivity contribution < 1.29 is 14.2 Å². The van der Waals surface area contributed by atoms with Crippen LogP contribution in [0.5, 0.6) is 5.75 Å². The second-order valence-electron chi connectivity index (χ2n) is 6.00. The molecule has 1 aromatic heterocycles. The molecule has 6 nitrogen and oxygen atoms in total. The van der Waals surface area contributed by atoms with E-state index in [0.717, 1.165) is 60.7 Å². The first-order valence-corrected chi connectivity index (χ1v) is 8.50. The van der Waals surface area contributed by atoms with Gasteiger partial charge in [-0.25, -0.2) is 0 Å². The molecule has 0 saturated carbocycles. The third-order valence-electron chi connectivity index (χ3n) is 4.21. The van der Waals surface area contributed by atoms with E-state index in [2.05, 4.69) is 15.4 Å². The summed E-state index contributed by atoms with van der Waals surface area (Å²) in [7, 11) is 1.66. The van der Waals surface area contributed by atoms with E-state index in [1.807, 2.05) is 37.3 Å². The summed E-state index contributed by atoms with van der Waals surface area (Å²) >= 11 is 5.54. The van der Waals surface area contributed by atoms with Gasteiger partial charge in [0.1, 0.15) is 23.7 Å². The van der Waals surface area contributed by atoms with E-state index < -0.39 is 0 Å². The normalized spacial score (nSPS) is 15.3. The number of rotatable bonds is 4. The van der Waals surface area contributed by atoms with Crippen LogP contribution in [0.3, 0.4) is 0 Å². The lowest BCUT2D eigenvalue weighted by molar-refractivity contribution is -0.917. The minimum Gasteiger partial charge on any atom is -0.497 e. The Bertz CT molecular complexity index is 678. The maximum atomic E-state index is 5.54. The van der Waals surface area contributed by atoms with Crippen LogP contribution in [-0.4, -0.2) is 48.5 Å². The summed E-state index contributed by atoms with van der Waals surface area (Å²) < 4.78 is 10.3. The second-order valence-corrected chi connectivity index (χ2v) is 6.39. The largest absolute Gasteiger partial charge is 0.497 e. The standard InChI is InChI=1S/C17H22N4O2S/c1-13-11-15(19-23-13)12-20-7-9-21(10-8-20)17(24)18-14-3-5-16(22-2)6-4-14/h3-6,11H,7-10,12H2,1-2H3,(H,18,24)/p+1. The van der Waals surface area contributed by atoms with Crippen molar-refractivity contribution in [1.29, 1.82) is 0 Å². The number of quaternary nitrogens is 1. The van der Waals surface area contributed by atoms with Gasteiger partial charge in [-0.1, -0.05) is 5.16 Å². The quantitative estimate of drug-likeness (QED) is 0.808. The summed E-state index contributed by atoms with van der Waals surface area (Å²) in [4.78, 5) is 3.73. The molecule has 24 heavy (non-hydrogen) atoms. The molecule has 1 aliphatic rings. The average Bonchev–Trinajstić information content (AvgIpc) is 3.01. The first-order valence-electron chi connectivity index (χ1n) is 8.10. The van der Waals surface area contributed by atoms with Crippen molar-refractivity contribution in [2.75, 3.05) is 38.6 Å². The van der Waals surface area contributed by atoms with E-state index in [-0.39, 0.29) is 0 Å². The van der Waals surface area contributed by atoms with Crippen molar-refractivity contribution in [3.8, 4) is 5.75 Å². The number of hydrogen-bond acceptors (Lipinski definition) is 4. The molecule has 7 heteroatoms. The molecule has 1 fully saturated rings. The molecule has 0 amide bonds. The minimum absolute atomic E-state index is 0.775. The fraction of sp³-hybridized carbons (Fsp3) is 0.412. The molecule has 0 unspecified atom stereocenters. The highest BCUT2D eigenvalue weighted by molar-refractivity contribution is 7.80. The Balaban J connectivity index is 1.47. The molecule has 1 saturated heterocycles. The van der Waals surface area contributed by atoms with E-state index in [0.29, 0.717) is 0 Å². The van der Waals surface area contributed by atoms with Crippen LogP contribution in [-0.2, 0) is 6.54 Å². The zero-order valence-electron chi connectivity index (χ0n) is 14.0. The molecule has 0 radical (unpaired) electrons. The maximum absolute atomic E-state index is 5.54. The van der Waals surface area contributed by atoms with Crippen LogP contribution in [0.15, 0.2) is 34.9 Å². The van der Waals surface area contributed by atoms with Gasteiger partial charge in [0, 0.05) is 11.8 Å². The van der Waals surface area contributed by atoms with Gasteiger partial charge in [-0.3, -0.25) is 0 Å². The van der Waals surface area contributed by atoms with Gasteiger partial charge in [-0.05, 0) is 43.4 Å². The number of aromatic nitrogens is 1. The number of ether oxygens (including phenoxy) is 1. The van der Waals surface area contributed by atoms with E-state index in [1.165, 1.54) is 4.90 Å². The zero-order valence-corrected chi connectivity index (χ0v) is 14.9. The number of thiocarbonyl (C=S) groups is 1. The van der Waals surface area contributed by atoms with Crippen LogP contribution >= 0.6 is 12.2 Å². The van der Waals surface area contributed by atoms with Crippen molar-refractivity contribution in [1.82, 2.24) is 10.1 Å². The second kappa shape index (κ2) is 7.63. The molecule has 0 bridgehead atoms. The number of nitrogens with zero attached hydrogens (tertiary/aromatic N) is 2. The molecular formula is C17H23N4O2S+. The maximum Gasteiger partial charge on any atom is 0.173 e. The van der Waals surface area contributed by atoms with E-state index in [4.69, 9.17) is 21.5 Å². The van der Waals surface area contributed by atoms with Crippen molar-refractivity contribution in [2.24, 2.45) is 0 Å². The van der Waals surface area contributed by atoms with Gasteiger partial charge in [0.05, 0.1) is 33.3 Å². The molecule has 1 aliphatic heterocycles. The first-order chi connectivity index (χ1) is 11.6. The van der Waals surface area contributed by atoms with Gasteiger partial charge < -0.3 is 24.4 Å². The summed E-state index contributed by atoms with van der Waals surface area (Å²) in [5, 5.41) is 8.15. The summed E-state index contributed by atoms with van der Waals surface area (Å²) in [6, 6.07) is 9.80. The van der Waals surface area contributed by atoms with Gasteiger partial charge >= 0.3 is 0 Å². The third kappa shape index (κ3) is 4.24. The van der Waals surface area contributed by atoms with Crippen LogP contribution < -0.4 is 15.0 Å². The number of anilines is 1. The molecule has 2 aromatic rings. The van der Waals surface area contributed by atoms with Crippen LogP contribution in [0, 0.1) is 6.92 Å². The fourth-order valence-electron chi connectivity index (χ4n) is 2.84. The van der Waals surface area contributed by atoms with E-state index in [1.54, 1.807) is 7.11 Å². The van der Waals surface area contributed by atoms with E-state index >= 15 is 0 Å². The van der Waals surface area contributed by atoms with Crippen molar-refractivity contribution in [3.05, 3.63) is 41.8 Å². The van der Waals surface area contributed by atoms with Gasteiger partial charge in [-0.2, -0.15) is 0 Å². The minimum atomic E-state index is 0.775. The summed E-state index contributed by atoms with van der Waals surface area (Å²) in [6.07, 6.45) is 0. The molecular weight excluding hydrogens is 324 g/mol. The van der Waals surface area contributed by atoms with Crippen LogP contribution in [0.2, 0.25) is 0 Å². The summed E-state index contributed by atoms with van der Waals surface area (Å²) in [5.41, 5.74) is 2.00. The Hall–Kier alpha value is -2.12. The Morgan fingerprint density at radius 2 is 2.04 bits per heavy atom. The molecule has 128 valence electrons. The van der Waals surface area contributed by atoms with E-state index in [9.17, 15) is 0 Å². The van der Waals surface area contributed by atoms with Crippen molar-refractivity contribution >= 4 is 23.0 Å². The molecule has 3 rings (SSSR count). The molecule has 2 N–H and O–H groups in total. The number of aryl methyl sites for hydroxylation is 1. The highest BCUT2D eigenvalue weighted by Crippen LogP contribution is 2.15. The molecule has 2 heterocycles. The van der Waals surface area contributed by atoms with Gasteiger partial charge in [0.15, 0.2) is 5.11 Å². The Morgan fingerprint density at radius 1 is 1.33 bits per heavy atom. The van der Waals surface area contributed by atoms with Crippen LogP contribution in [0.4, 0.5) is 5.69 Å². The lowest BCUT2D eigenvalue weighted by Crippen LogP contribution is -3.13. The molecule has 0 aliphatic carbocycles. The first kappa shape index (κ1) is 16.7. The molecule has 0 spiro atoms. The smallest absolute Gasteiger partial charge is 0.173 e. The predicted octanol–water partition coefficient (Wildman–Crippen LogP) is 1.09. The van der Waals surface area contributed by atoms with Crippen molar-refractivity contribution in [3.63, 3.8) is 0 Å². The lowest BCUT2D eigenvalue weighted by Gasteiger charge is -2.33.